The lowest BCUT2D eigenvalue weighted by molar-refractivity contribution is -0.118. The van der Waals surface area contributed by atoms with E-state index < -0.39 is 6.04 Å². The van der Waals surface area contributed by atoms with Crippen LogP contribution in [0, 0.1) is 0 Å². The molecule has 9 heteroatoms. The van der Waals surface area contributed by atoms with Gasteiger partial charge < -0.3 is 16.0 Å². The van der Waals surface area contributed by atoms with E-state index in [2.05, 4.69) is 21.0 Å². The van der Waals surface area contributed by atoms with Crippen LogP contribution in [0.1, 0.15) is 11.6 Å². The quantitative estimate of drug-likeness (QED) is 0.766. The molecule has 0 saturated heterocycles. The predicted octanol–water partition coefficient (Wildman–Crippen LogP) is 1.79. The number of aromatic nitrogens is 2. The molecule has 2 aromatic rings. The first kappa shape index (κ1) is 18.3. The molecule has 1 atom stereocenters. The van der Waals surface area contributed by atoms with Crippen LogP contribution in [0.2, 0.25) is 0 Å². The smallest absolute Gasteiger partial charge is 0.246 e. The number of halogens is 1. The van der Waals surface area contributed by atoms with Gasteiger partial charge in [0.05, 0.1) is 17.6 Å². The number of amides is 2. The van der Waals surface area contributed by atoms with Crippen molar-refractivity contribution in [3.63, 3.8) is 0 Å². The Morgan fingerprint density at radius 3 is 2.92 bits per heavy atom. The van der Waals surface area contributed by atoms with Crippen LogP contribution >= 0.6 is 24.2 Å². The highest BCUT2D eigenvalue weighted by molar-refractivity contribution is 8.00. The molecule has 1 aliphatic rings. The van der Waals surface area contributed by atoms with Crippen molar-refractivity contribution in [3.8, 4) is 0 Å². The molecule has 0 saturated carbocycles. The van der Waals surface area contributed by atoms with E-state index in [4.69, 9.17) is 0 Å². The summed E-state index contributed by atoms with van der Waals surface area (Å²) in [7, 11) is 3.53. The van der Waals surface area contributed by atoms with Crippen molar-refractivity contribution >= 4 is 47.4 Å². The lowest BCUT2D eigenvalue weighted by Crippen LogP contribution is -2.30. The molecular formula is C15H18ClN5O2S. The normalized spacial score (nSPS) is 14.2. The summed E-state index contributed by atoms with van der Waals surface area (Å²) < 4.78 is 1.65. The standard InChI is InChI=1S/C15H17N5O2S.ClH/c1-16-14(9-6-17-20(2)7-9)15(22)18-10-3-4-12-11(5-10)19-13(21)8-23-12;/h3-7,14,16H,8H2,1-2H3,(H,18,22)(H,19,21);1H. The van der Waals surface area contributed by atoms with Crippen LogP contribution in [0.3, 0.4) is 0 Å². The van der Waals surface area contributed by atoms with E-state index in [1.54, 1.807) is 37.2 Å². The van der Waals surface area contributed by atoms with E-state index in [1.165, 1.54) is 11.8 Å². The fourth-order valence-corrected chi connectivity index (χ4v) is 3.20. The molecule has 2 amide bonds. The Hall–Kier alpha value is -2.03. The maximum absolute atomic E-state index is 12.5. The Kier molecular flexibility index (Phi) is 5.87. The second-order valence-corrected chi connectivity index (χ2v) is 6.22. The number of likely N-dealkylation sites (N-methyl/N-ethyl adjacent to an activating group) is 1. The van der Waals surface area contributed by atoms with Gasteiger partial charge in [0, 0.05) is 29.4 Å². The summed E-state index contributed by atoms with van der Waals surface area (Å²) in [4.78, 5) is 24.9. The number of thioether (sulfide) groups is 1. The summed E-state index contributed by atoms with van der Waals surface area (Å²) >= 11 is 1.49. The van der Waals surface area contributed by atoms with Gasteiger partial charge in [-0.15, -0.1) is 24.2 Å². The van der Waals surface area contributed by atoms with E-state index in [1.807, 2.05) is 12.1 Å². The molecule has 0 spiro atoms. The number of carbonyl (C=O) groups excluding carboxylic acids is 2. The number of nitrogens with one attached hydrogen (secondary N) is 3. The van der Waals surface area contributed by atoms with Gasteiger partial charge in [0.1, 0.15) is 6.04 Å². The number of nitrogens with zero attached hydrogens (tertiary/aromatic N) is 2. The molecule has 1 aliphatic heterocycles. The molecule has 7 nitrogen and oxygen atoms in total. The Bertz CT molecular complexity index is 764. The fraction of sp³-hybridized carbons (Fsp3) is 0.267. The van der Waals surface area contributed by atoms with Crippen molar-refractivity contribution in [2.24, 2.45) is 7.05 Å². The molecule has 0 bridgehead atoms. The molecule has 3 N–H and O–H groups in total. The minimum atomic E-state index is -0.497. The van der Waals surface area contributed by atoms with Crippen molar-refractivity contribution in [3.05, 3.63) is 36.2 Å². The van der Waals surface area contributed by atoms with Crippen molar-refractivity contribution in [1.82, 2.24) is 15.1 Å². The average molecular weight is 368 g/mol. The minimum Gasteiger partial charge on any atom is -0.324 e. The highest BCUT2D eigenvalue weighted by Crippen LogP contribution is 2.33. The van der Waals surface area contributed by atoms with Gasteiger partial charge in [-0.3, -0.25) is 14.3 Å². The SMILES string of the molecule is CNC(C(=O)Nc1ccc2c(c1)NC(=O)CS2)c1cnn(C)c1.Cl. The van der Waals surface area contributed by atoms with Gasteiger partial charge >= 0.3 is 0 Å². The van der Waals surface area contributed by atoms with Crippen LogP contribution in [0.5, 0.6) is 0 Å². The molecule has 24 heavy (non-hydrogen) atoms. The van der Waals surface area contributed by atoms with E-state index in [0.717, 1.165) is 16.1 Å². The van der Waals surface area contributed by atoms with Gasteiger partial charge in [-0.05, 0) is 25.2 Å². The molecule has 0 fully saturated rings. The van der Waals surface area contributed by atoms with Gasteiger partial charge in [-0.2, -0.15) is 5.10 Å². The third-order valence-corrected chi connectivity index (χ3v) is 4.56. The summed E-state index contributed by atoms with van der Waals surface area (Å²) in [6, 6.07) is 5.00. The zero-order valence-corrected chi connectivity index (χ0v) is 14.8. The van der Waals surface area contributed by atoms with Crippen LogP contribution in [0.25, 0.3) is 0 Å². The van der Waals surface area contributed by atoms with Gasteiger partial charge in [0.15, 0.2) is 0 Å². The van der Waals surface area contributed by atoms with E-state index in [-0.39, 0.29) is 24.2 Å². The first-order valence-electron chi connectivity index (χ1n) is 7.10. The average Bonchev–Trinajstić information content (AvgIpc) is 2.93. The predicted molar refractivity (Wildman–Crippen MR) is 96.7 cm³/mol. The van der Waals surface area contributed by atoms with E-state index >= 15 is 0 Å². The van der Waals surface area contributed by atoms with Crippen molar-refractivity contribution in [2.75, 3.05) is 23.4 Å². The summed E-state index contributed by atoms with van der Waals surface area (Å²) in [5.41, 5.74) is 2.15. The number of hydrogen-bond donors (Lipinski definition) is 3. The van der Waals surface area contributed by atoms with Crippen LogP contribution in [0.4, 0.5) is 11.4 Å². The third kappa shape index (κ3) is 3.89. The molecular weight excluding hydrogens is 350 g/mol. The number of carbonyl (C=O) groups is 2. The van der Waals surface area contributed by atoms with Crippen molar-refractivity contribution in [1.29, 1.82) is 0 Å². The summed E-state index contributed by atoms with van der Waals surface area (Å²) in [5.74, 6) is 0.200. The highest BCUT2D eigenvalue weighted by Gasteiger charge is 2.21. The molecule has 1 aromatic heterocycles. The largest absolute Gasteiger partial charge is 0.324 e. The molecule has 128 valence electrons. The zero-order valence-electron chi connectivity index (χ0n) is 13.2. The second-order valence-electron chi connectivity index (χ2n) is 5.21. The lowest BCUT2D eigenvalue weighted by atomic mass is 10.1. The Labute approximate surface area is 150 Å². The first-order valence-corrected chi connectivity index (χ1v) is 8.09. The fourth-order valence-electron chi connectivity index (χ4n) is 2.41. The topological polar surface area (TPSA) is 88.1 Å². The highest BCUT2D eigenvalue weighted by atomic mass is 35.5. The van der Waals surface area contributed by atoms with Crippen molar-refractivity contribution < 1.29 is 9.59 Å². The number of benzene rings is 1. The van der Waals surface area contributed by atoms with Gasteiger partial charge in [0.2, 0.25) is 11.8 Å². The van der Waals surface area contributed by atoms with Crippen LogP contribution in [0.15, 0.2) is 35.5 Å². The third-order valence-electron chi connectivity index (χ3n) is 3.49. The van der Waals surface area contributed by atoms with Gasteiger partial charge in [0.25, 0.3) is 0 Å². The number of rotatable bonds is 4. The maximum atomic E-state index is 12.5. The monoisotopic (exact) mass is 367 g/mol. The molecule has 2 heterocycles. The molecule has 3 rings (SSSR count). The Morgan fingerprint density at radius 1 is 1.46 bits per heavy atom. The first-order chi connectivity index (χ1) is 11.1. The van der Waals surface area contributed by atoms with Gasteiger partial charge in [-0.1, -0.05) is 0 Å². The number of hydrogen-bond acceptors (Lipinski definition) is 5. The van der Waals surface area contributed by atoms with Crippen LogP contribution in [-0.4, -0.2) is 34.4 Å². The molecule has 1 unspecified atom stereocenters. The van der Waals surface area contributed by atoms with E-state index in [9.17, 15) is 9.59 Å². The summed E-state index contributed by atoms with van der Waals surface area (Å²) in [6.45, 7) is 0. The molecule has 1 aromatic carbocycles. The number of anilines is 2. The lowest BCUT2D eigenvalue weighted by Gasteiger charge is -2.19. The second kappa shape index (κ2) is 7.69. The summed E-state index contributed by atoms with van der Waals surface area (Å²) in [5, 5.41) is 12.7. The van der Waals surface area contributed by atoms with Crippen LogP contribution in [-0.2, 0) is 16.6 Å². The summed E-state index contributed by atoms with van der Waals surface area (Å²) in [6.07, 6.45) is 3.45. The van der Waals surface area contributed by atoms with Gasteiger partial charge in [-0.25, -0.2) is 0 Å². The Balaban J connectivity index is 0.00000208. The van der Waals surface area contributed by atoms with Crippen molar-refractivity contribution in [2.45, 2.75) is 10.9 Å². The maximum Gasteiger partial charge on any atom is 0.246 e. The zero-order chi connectivity index (χ0) is 16.4. The van der Waals surface area contributed by atoms with E-state index in [0.29, 0.717) is 11.4 Å². The molecule has 0 aliphatic carbocycles. The van der Waals surface area contributed by atoms with Crippen LogP contribution < -0.4 is 16.0 Å². The number of aryl methyl sites for hydroxylation is 1. The molecule has 0 radical (unpaired) electrons. The minimum absolute atomic E-state index is 0. The number of fused-ring (bicyclic) bond motifs is 1. The Morgan fingerprint density at radius 2 is 2.25 bits per heavy atom.